The lowest BCUT2D eigenvalue weighted by Crippen LogP contribution is -2.29. The van der Waals surface area contributed by atoms with E-state index in [0.717, 1.165) is 36.3 Å². The normalized spacial score (nSPS) is 14.4. The zero-order valence-electron chi connectivity index (χ0n) is 20.5. The minimum atomic E-state index is -0.413. The van der Waals surface area contributed by atoms with Crippen LogP contribution in [0.15, 0.2) is 61.4 Å². The van der Waals surface area contributed by atoms with Crippen LogP contribution in [0.4, 0.5) is 4.39 Å². The highest BCUT2D eigenvalue weighted by atomic mass is 19.1. The summed E-state index contributed by atoms with van der Waals surface area (Å²) in [6, 6.07) is 7.60. The van der Waals surface area contributed by atoms with Crippen LogP contribution in [0.25, 0.3) is 56.0 Å². The number of aromatic amines is 2. The van der Waals surface area contributed by atoms with E-state index in [-0.39, 0.29) is 5.39 Å². The number of nitrogens with zero attached hydrogens (tertiary/aromatic N) is 7. The van der Waals surface area contributed by atoms with Gasteiger partial charge in [0.25, 0.3) is 0 Å². The SMILES string of the molecule is Fc1c(-c2cncc(CN3CCCCC3)c2)cnc2[nH]nc(-c3nc4c(-c5ccncc5)nccc4[nH]3)c12. The van der Waals surface area contributed by atoms with Crippen molar-refractivity contribution in [2.24, 2.45) is 0 Å². The number of piperidine rings is 1. The van der Waals surface area contributed by atoms with Gasteiger partial charge in [-0.15, -0.1) is 0 Å². The largest absolute Gasteiger partial charge is 0.336 e. The molecule has 6 aromatic heterocycles. The number of hydrogen-bond acceptors (Lipinski definition) is 7. The Morgan fingerprint density at radius 1 is 0.868 bits per heavy atom. The molecular weight excluding hydrogens is 481 g/mol. The summed E-state index contributed by atoms with van der Waals surface area (Å²) in [5.41, 5.74) is 5.89. The number of aromatic nitrogens is 8. The molecule has 0 aliphatic carbocycles. The van der Waals surface area contributed by atoms with E-state index >= 15 is 4.39 Å². The molecule has 0 saturated carbocycles. The maximum absolute atomic E-state index is 16.1. The van der Waals surface area contributed by atoms with Gasteiger partial charge >= 0.3 is 0 Å². The van der Waals surface area contributed by atoms with Crippen molar-refractivity contribution < 1.29 is 4.39 Å². The molecule has 0 amide bonds. The fourth-order valence-corrected chi connectivity index (χ4v) is 5.19. The maximum atomic E-state index is 16.1. The van der Waals surface area contributed by atoms with Gasteiger partial charge in [-0.3, -0.25) is 25.0 Å². The molecule has 188 valence electrons. The minimum absolute atomic E-state index is 0.279. The standard InChI is InChI=1S/C28H24FN9/c29-23-20(19-12-17(13-31-14-19)16-38-10-2-1-3-11-38)15-33-27-22(23)26(36-37-27)28-34-21-6-9-32-24(25(21)35-28)18-4-7-30-8-5-18/h4-9,12-15H,1-3,10-11,16H2,(H,34,35)(H,33,36,37). The Bertz CT molecular complexity index is 1750. The second kappa shape index (κ2) is 9.38. The quantitative estimate of drug-likeness (QED) is 0.333. The molecule has 0 aromatic carbocycles. The van der Waals surface area contributed by atoms with Gasteiger partial charge in [0.15, 0.2) is 11.5 Å². The Morgan fingerprint density at radius 3 is 2.61 bits per heavy atom. The zero-order valence-corrected chi connectivity index (χ0v) is 20.5. The molecule has 38 heavy (non-hydrogen) atoms. The average molecular weight is 506 g/mol. The molecule has 9 nitrogen and oxygen atoms in total. The van der Waals surface area contributed by atoms with Gasteiger partial charge in [0.1, 0.15) is 17.0 Å². The van der Waals surface area contributed by atoms with E-state index in [4.69, 9.17) is 4.98 Å². The van der Waals surface area contributed by atoms with Crippen molar-refractivity contribution in [3.05, 3.63) is 72.8 Å². The van der Waals surface area contributed by atoms with E-state index in [1.807, 2.05) is 30.5 Å². The molecule has 1 saturated heterocycles. The van der Waals surface area contributed by atoms with Crippen LogP contribution >= 0.6 is 0 Å². The molecule has 6 aromatic rings. The number of fused-ring (bicyclic) bond motifs is 2. The van der Waals surface area contributed by atoms with Crippen molar-refractivity contribution in [2.75, 3.05) is 13.1 Å². The number of imidazole rings is 1. The molecule has 7 rings (SSSR count). The van der Waals surface area contributed by atoms with Crippen molar-refractivity contribution in [1.82, 2.24) is 45.0 Å². The predicted octanol–water partition coefficient (Wildman–Crippen LogP) is 5.15. The van der Waals surface area contributed by atoms with Crippen molar-refractivity contribution in [3.63, 3.8) is 0 Å². The Kier molecular flexibility index (Phi) is 5.58. The summed E-state index contributed by atoms with van der Waals surface area (Å²) in [5.74, 6) is 0.0213. The number of nitrogens with one attached hydrogen (secondary N) is 2. The second-order valence-corrected chi connectivity index (χ2v) is 9.58. The molecule has 1 aliphatic rings. The predicted molar refractivity (Wildman–Crippen MR) is 142 cm³/mol. The minimum Gasteiger partial charge on any atom is -0.336 e. The van der Waals surface area contributed by atoms with Gasteiger partial charge in [-0.2, -0.15) is 5.10 Å². The first kappa shape index (κ1) is 22.6. The lowest BCUT2D eigenvalue weighted by molar-refractivity contribution is 0.220. The third-order valence-corrected chi connectivity index (χ3v) is 7.07. The number of halogens is 1. The van der Waals surface area contributed by atoms with Crippen molar-refractivity contribution >= 4 is 22.1 Å². The van der Waals surface area contributed by atoms with Gasteiger partial charge in [-0.1, -0.05) is 6.42 Å². The van der Waals surface area contributed by atoms with E-state index in [0.29, 0.717) is 39.5 Å². The second-order valence-electron chi connectivity index (χ2n) is 9.58. The first-order valence-corrected chi connectivity index (χ1v) is 12.7. The van der Waals surface area contributed by atoms with Crippen molar-refractivity contribution in [1.29, 1.82) is 0 Å². The molecule has 1 aliphatic heterocycles. The van der Waals surface area contributed by atoms with Gasteiger partial charge in [-0.25, -0.2) is 14.4 Å². The van der Waals surface area contributed by atoms with Gasteiger partial charge in [0.05, 0.1) is 16.6 Å². The van der Waals surface area contributed by atoms with E-state index in [1.165, 1.54) is 25.5 Å². The molecule has 10 heteroatoms. The van der Waals surface area contributed by atoms with Gasteiger partial charge < -0.3 is 4.98 Å². The van der Waals surface area contributed by atoms with Gasteiger partial charge in [-0.05, 0) is 55.8 Å². The molecule has 1 fully saturated rings. The summed E-state index contributed by atoms with van der Waals surface area (Å²) in [7, 11) is 0. The average Bonchev–Trinajstić information content (AvgIpc) is 3.59. The maximum Gasteiger partial charge on any atom is 0.159 e. The van der Waals surface area contributed by atoms with Crippen LogP contribution in [0.5, 0.6) is 0 Å². The van der Waals surface area contributed by atoms with Crippen LogP contribution in [0.3, 0.4) is 0 Å². The van der Waals surface area contributed by atoms with Crippen LogP contribution in [0.2, 0.25) is 0 Å². The number of pyridine rings is 4. The highest BCUT2D eigenvalue weighted by Gasteiger charge is 2.22. The fourth-order valence-electron chi connectivity index (χ4n) is 5.19. The molecule has 2 N–H and O–H groups in total. The van der Waals surface area contributed by atoms with Crippen LogP contribution in [-0.4, -0.2) is 58.1 Å². The molecule has 0 atom stereocenters. The summed E-state index contributed by atoms with van der Waals surface area (Å²) in [5, 5.41) is 7.51. The summed E-state index contributed by atoms with van der Waals surface area (Å²) in [6.45, 7) is 2.97. The summed E-state index contributed by atoms with van der Waals surface area (Å²) >= 11 is 0. The third kappa shape index (κ3) is 3.99. The van der Waals surface area contributed by atoms with Crippen molar-refractivity contribution in [2.45, 2.75) is 25.8 Å². The molecule has 0 radical (unpaired) electrons. The smallest absolute Gasteiger partial charge is 0.159 e. The lowest BCUT2D eigenvalue weighted by atomic mass is 10.0. The molecule has 0 unspecified atom stereocenters. The number of hydrogen-bond donors (Lipinski definition) is 2. The van der Waals surface area contributed by atoms with E-state index in [2.05, 4.69) is 40.0 Å². The number of H-pyrrole nitrogens is 2. The monoisotopic (exact) mass is 505 g/mol. The first-order valence-electron chi connectivity index (χ1n) is 12.7. The fraction of sp³-hybridized carbons (Fsp3) is 0.214. The Morgan fingerprint density at radius 2 is 1.74 bits per heavy atom. The zero-order chi connectivity index (χ0) is 25.5. The molecular formula is C28H24FN9. The van der Waals surface area contributed by atoms with Gasteiger partial charge in [0.2, 0.25) is 0 Å². The lowest BCUT2D eigenvalue weighted by Gasteiger charge is -2.26. The molecule has 7 heterocycles. The first-order chi connectivity index (χ1) is 18.7. The van der Waals surface area contributed by atoms with Crippen LogP contribution in [0.1, 0.15) is 24.8 Å². The molecule has 0 spiro atoms. The van der Waals surface area contributed by atoms with Crippen molar-refractivity contribution in [3.8, 4) is 33.9 Å². The highest BCUT2D eigenvalue weighted by molar-refractivity contribution is 5.96. The van der Waals surface area contributed by atoms with E-state index < -0.39 is 5.82 Å². The summed E-state index contributed by atoms with van der Waals surface area (Å²) in [6.07, 6.45) is 13.9. The number of rotatable bonds is 5. The highest BCUT2D eigenvalue weighted by Crippen LogP contribution is 2.34. The van der Waals surface area contributed by atoms with Crippen LogP contribution in [-0.2, 0) is 6.54 Å². The van der Waals surface area contributed by atoms with Crippen LogP contribution in [0, 0.1) is 5.82 Å². The topological polar surface area (TPSA) is 112 Å². The van der Waals surface area contributed by atoms with Gasteiger partial charge in [0, 0.05) is 60.4 Å². The van der Waals surface area contributed by atoms with Crippen LogP contribution < -0.4 is 0 Å². The summed E-state index contributed by atoms with van der Waals surface area (Å²) in [4.78, 5) is 28.0. The number of likely N-dealkylation sites (tertiary alicyclic amines) is 1. The summed E-state index contributed by atoms with van der Waals surface area (Å²) < 4.78 is 16.1. The van der Waals surface area contributed by atoms with E-state index in [9.17, 15) is 0 Å². The third-order valence-electron chi connectivity index (χ3n) is 7.07. The Hall–Kier alpha value is -4.57. The molecule has 0 bridgehead atoms. The Labute approximate surface area is 217 Å². The van der Waals surface area contributed by atoms with E-state index in [1.54, 1.807) is 24.8 Å². The Balaban J connectivity index is 1.29.